The first-order chi connectivity index (χ1) is 17.3. The Morgan fingerprint density at radius 3 is 2.28 bits per heavy atom. The van der Waals surface area contributed by atoms with Gasteiger partial charge in [-0.25, -0.2) is 9.59 Å². The van der Waals surface area contributed by atoms with Gasteiger partial charge < -0.3 is 24.3 Å². The maximum Gasteiger partial charge on any atom is 0.408 e. The van der Waals surface area contributed by atoms with Gasteiger partial charge in [-0.15, -0.1) is 0 Å². The second-order valence-electron chi connectivity index (χ2n) is 9.13. The monoisotopic (exact) mass is 505 g/mol. The summed E-state index contributed by atoms with van der Waals surface area (Å²) in [6, 6.07) is 7.79. The number of amides is 1. The summed E-state index contributed by atoms with van der Waals surface area (Å²) in [5, 5.41) is 2.46. The molecule has 1 fully saturated rings. The molecule has 1 saturated heterocycles. The van der Waals surface area contributed by atoms with Gasteiger partial charge in [-0.05, 0) is 32.3 Å². The molecule has 9 heteroatoms. The van der Waals surface area contributed by atoms with E-state index >= 15 is 0 Å². The predicted octanol–water partition coefficient (Wildman–Crippen LogP) is 4.46. The van der Waals surface area contributed by atoms with E-state index < -0.39 is 54.3 Å². The predicted molar refractivity (Wildman–Crippen MR) is 132 cm³/mol. The van der Waals surface area contributed by atoms with Crippen molar-refractivity contribution < 1.29 is 38.1 Å². The number of esters is 3. The number of benzene rings is 1. The molecule has 0 aliphatic carbocycles. The van der Waals surface area contributed by atoms with Gasteiger partial charge in [0.05, 0.1) is 5.92 Å². The SMILES string of the molecule is CCCCCC[C@H]1C(=O)O[C@H](C)[C@H](NC(=O)OCc2ccccc2)C(=O)O[C@@H](C)[C@@H]1OC(=O)CCC. The highest BCUT2D eigenvalue weighted by molar-refractivity contribution is 5.83. The fraction of sp³-hybridized carbons (Fsp3) is 0.630. The van der Waals surface area contributed by atoms with E-state index in [1.165, 1.54) is 6.92 Å². The summed E-state index contributed by atoms with van der Waals surface area (Å²) in [5.74, 6) is -2.66. The fourth-order valence-corrected chi connectivity index (χ4v) is 4.05. The van der Waals surface area contributed by atoms with Gasteiger partial charge in [-0.3, -0.25) is 9.59 Å². The van der Waals surface area contributed by atoms with Crippen molar-refractivity contribution in [3.63, 3.8) is 0 Å². The number of carbonyl (C=O) groups excluding carboxylic acids is 4. The zero-order valence-electron chi connectivity index (χ0n) is 21.7. The quantitative estimate of drug-likeness (QED) is 0.266. The third-order valence-electron chi connectivity index (χ3n) is 6.07. The van der Waals surface area contributed by atoms with Gasteiger partial charge in [0.15, 0.2) is 12.1 Å². The second-order valence-corrected chi connectivity index (χ2v) is 9.13. The van der Waals surface area contributed by atoms with Crippen LogP contribution >= 0.6 is 0 Å². The summed E-state index contributed by atoms with van der Waals surface area (Å²) in [6.07, 6.45) is 1.10. The lowest BCUT2D eigenvalue weighted by Gasteiger charge is -2.29. The van der Waals surface area contributed by atoms with Crippen LogP contribution in [0.2, 0.25) is 0 Å². The van der Waals surface area contributed by atoms with E-state index in [0.29, 0.717) is 12.8 Å². The summed E-state index contributed by atoms with van der Waals surface area (Å²) in [5.41, 5.74) is 0.778. The molecule has 5 atom stereocenters. The van der Waals surface area contributed by atoms with Crippen LogP contribution in [0.5, 0.6) is 0 Å². The lowest BCUT2D eigenvalue weighted by molar-refractivity contribution is -0.175. The molecule has 1 aromatic carbocycles. The molecule has 200 valence electrons. The molecule has 0 saturated carbocycles. The molecule has 0 radical (unpaired) electrons. The molecule has 9 nitrogen and oxygen atoms in total. The molecule has 0 unspecified atom stereocenters. The number of nitrogens with one attached hydrogen (secondary N) is 1. The zero-order valence-corrected chi connectivity index (χ0v) is 21.7. The highest BCUT2D eigenvalue weighted by Crippen LogP contribution is 2.26. The molecule has 36 heavy (non-hydrogen) atoms. The Morgan fingerprint density at radius 2 is 1.61 bits per heavy atom. The van der Waals surface area contributed by atoms with Crippen LogP contribution in [0, 0.1) is 5.92 Å². The van der Waals surface area contributed by atoms with Crippen LogP contribution < -0.4 is 5.32 Å². The average Bonchev–Trinajstić information content (AvgIpc) is 2.87. The normalized spacial score (nSPS) is 24.4. The topological polar surface area (TPSA) is 117 Å². The van der Waals surface area contributed by atoms with E-state index in [1.54, 1.807) is 19.1 Å². The van der Waals surface area contributed by atoms with Gasteiger partial charge >= 0.3 is 24.0 Å². The Labute approximate surface area is 213 Å². The van der Waals surface area contributed by atoms with E-state index in [4.69, 9.17) is 18.9 Å². The molecule has 1 aliphatic rings. The largest absolute Gasteiger partial charge is 0.460 e. The minimum absolute atomic E-state index is 0.00823. The molecule has 1 N–H and O–H groups in total. The van der Waals surface area contributed by atoms with Crippen molar-refractivity contribution in [3.8, 4) is 0 Å². The number of hydrogen-bond acceptors (Lipinski definition) is 8. The third-order valence-corrected chi connectivity index (χ3v) is 6.07. The van der Waals surface area contributed by atoms with Crippen molar-refractivity contribution in [1.29, 1.82) is 0 Å². The molecular weight excluding hydrogens is 466 g/mol. The maximum absolute atomic E-state index is 13.2. The van der Waals surface area contributed by atoms with Crippen molar-refractivity contribution in [2.24, 2.45) is 5.92 Å². The summed E-state index contributed by atoms with van der Waals surface area (Å²) < 4.78 is 22.1. The van der Waals surface area contributed by atoms with E-state index in [-0.39, 0.29) is 13.0 Å². The van der Waals surface area contributed by atoms with Crippen molar-refractivity contribution >= 4 is 24.0 Å². The number of cyclic esters (lactones) is 2. The Balaban J connectivity index is 2.17. The first-order valence-corrected chi connectivity index (χ1v) is 12.8. The minimum Gasteiger partial charge on any atom is -0.460 e. The van der Waals surface area contributed by atoms with E-state index in [0.717, 1.165) is 31.2 Å². The van der Waals surface area contributed by atoms with Crippen molar-refractivity contribution in [2.45, 2.75) is 104 Å². The van der Waals surface area contributed by atoms with Crippen molar-refractivity contribution in [1.82, 2.24) is 5.32 Å². The number of alkyl carbamates (subject to hydrolysis) is 1. The lowest BCUT2D eigenvalue weighted by Crippen LogP contribution is -2.50. The number of rotatable bonds is 11. The van der Waals surface area contributed by atoms with Gasteiger partial charge in [0.2, 0.25) is 0 Å². The molecule has 1 aliphatic heterocycles. The molecule has 1 aromatic rings. The van der Waals surface area contributed by atoms with Crippen LogP contribution in [0.3, 0.4) is 0 Å². The maximum atomic E-state index is 13.2. The first-order valence-electron chi connectivity index (χ1n) is 12.8. The molecule has 1 amide bonds. The van der Waals surface area contributed by atoms with E-state index in [1.807, 2.05) is 25.1 Å². The highest BCUT2D eigenvalue weighted by Gasteiger charge is 2.43. The molecule has 2 rings (SSSR count). The Hall–Kier alpha value is -3.10. The molecule has 0 spiro atoms. The van der Waals surface area contributed by atoms with Crippen molar-refractivity contribution in [3.05, 3.63) is 35.9 Å². The second kappa shape index (κ2) is 15.1. The van der Waals surface area contributed by atoms with Crippen LogP contribution in [0.1, 0.15) is 78.2 Å². The third kappa shape index (κ3) is 9.17. The van der Waals surface area contributed by atoms with Gasteiger partial charge in [0, 0.05) is 6.42 Å². The van der Waals surface area contributed by atoms with Gasteiger partial charge in [-0.2, -0.15) is 0 Å². The molecule has 1 heterocycles. The lowest BCUT2D eigenvalue weighted by atomic mass is 9.92. The summed E-state index contributed by atoms with van der Waals surface area (Å²) in [7, 11) is 0. The fourth-order valence-electron chi connectivity index (χ4n) is 4.05. The number of hydrogen-bond donors (Lipinski definition) is 1. The number of ether oxygens (including phenoxy) is 4. The van der Waals surface area contributed by atoms with Gasteiger partial charge in [0.1, 0.15) is 18.8 Å². The van der Waals surface area contributed by atoms with E-state index in [2.05, 4.69) is 12.2 Å². The van der Waals surface area contributed by atoms with E-state index in [9.17, 15) is 19.2 Å². The van der Waals surface area contributed by atoms with Crippen LogP contribution in [0.4, 0.5) is 4.79 Å². The number of carbonyl (C=O) groups is 4. The Bertz CT molecular complexity index is 859. The van der Waals surface area contributed by atoms with Gasteiger partial charge in [-0.1, -0.05) is 69.9 Å². The first kappa shape index (κ1) is 29.1. The molecule has 0 aromatic heterocycles. The smallest absolute Gasteiger partial charge is 0.408 e. The van der Waals surface area contributed by atoms with Crippen molar-refractivity contribution in [2.75, 3.05) is 0 Å². The number of unbranched alkanes of at least 4 members (excludes halogenated alkanes) is 3. The summed E-state index contributed by atoms with van der Waals surface area (Å²) in [4.78, 5) is 51.0. The van der Waals surface area contributed by atoms with Crippen LogP contribution in [-0.4, -0.2) is 48.4 Å². The summed E-state index contributed by atoms with van der Waals surface area (Å²) in [6.45, 7) is 7.02. The highest BCUT2D eigenvalue weighted by atomic mass is 16.6. The molecule has 0 bridgehead atoms. The standard InChI is InChI=1S/C27H39NO8/c1-5-7-8-12-16-21-24(36-22(29)13-6-2)19(4)35-26(31)23(18(3)34-25(21)30)28-27(32)33-17-20-14-10-9-11-15-20/h9-11,14-15,18-19,21,23-24H,5-8,12-13,16-17H2,1-4H3,(H,28,32)/t18-,19+,21-,23+,24+/m1/s1. The van der Waals surface area contributed by atoms with Crippen LogP contribution in [0.25, 0.3) is 0 Å². The molecular formula is C27H39NO8. The van der Waals surface area contributed by atoms with Gasteiger partial charge in [0.25, 0.3) is 0 Å². The van der Waals surface area contributed by atoms with Crippen LogP contribution in [0.15, 0.2) is 30.3 Å². The average molecular weight is 506 g/mol. The summed E-state index contributed by atoms with van der Waals surface area (Å²) >= 11 is 0. The Morgan fingerprint density at radius 1 is 0.917 bits per heavy atom. The zero-order chi connectivity index (χ0) is 26.5. The minimum atomic E-state index is -1.29. The van der Waals surface area contributed by atoms with Crippen LogP contribution in [-0.2, 0) is 39.9 Å². The Kier molecular flexibility index (Phi) is 12.2.